The number of nitro groups is 2. The van der Waals surface area contributed by atoms with Crippen LogP contribution >= 0.6 is 0 Å². The van der Waals surface area contributed by atoms with Crippen LogP contribution in [0.2, 0.25) is 0 Å². The first-order valence-electron chi connectivity index (χ1n) is 14.2. The molecule has 2 N–H and O–H groups in total. The molecule has 5 aliphatic rings. The van der Waals surface area contributed by atoms with E-state index in [9.17, 15) is 24.6 Å². The molecule has 5 aliphatic heterocycles. The minimum Gasteiger partial charge on any atom is -0.552 e. The molecule has 0 aromatic heterocycles. The van der Waals surface area contributed by atoms with Crippen molar-refractivity contribution in [2.75, 3.05) is 50.9 Å². The monoisotopic (exact) mass is 698 g/mol. The molecule has 0 amide bonds. The van der Waals surface area contributed by atoms with E-state index in [1.807, 2.05) is 18.7 Å². The van der Waals surface area contributed by atoms with E-state index in [-0.39, 0.29) is 125 Å². The third-order valence-corrected chi connectivity index (χ3v) is 7.66. The fraction of sp³-hybridized carbons (Fsp3) is 0.517. The Bertz CT molecular complexity index is 1170. The van der Waals surface area contributed by atoms with Gasteiger partial charge in [0.05, 0.1) is 34.3 Å². The molecule has 242 valence electrons. The number of non-ortho nitro benzene ring substituents is 2. The molecule has 7 rings (SSSR count). The van der Waals surface area contributed by atoms with Gasteiger partial charge in [-0.3, -0.25) is 20.2 Å². The SMILES string of the molecule is C1C[C@]2(CCO2)CN1.O=[C-]OO.O=[N+]([O-])c1ccc(F)cc1.O=[N+]([O-])c1ccc(N2CC[C@]3(CCO3)C2)cc1.[CH-]1CCCO1.[K+].[K+]. The molecule has 0 aliphatic carbocycles. The summed E-state index contributed by atoms with van der Waals surface area (Å²) in [7, 11) is 0. The van der Waals surface area contributed by atoms with Gasteiger partial charge < -0.3 is 34.1 Å². The number of nitrogens with zero attached hydrogens (tertiary/aromatic N) is 3. The normalized spacial score (nSPS) is 23.0. The number of rotatable bonds is 4. The van der Waals surface area contributed by atoms with Crippen molar-refractivity contribution in [3.05, 3.63) is 81.2 Å². The second kappa shape index (κ2) is 23.0. The molecular weight excluding hydrogens is 662 g/mol. The fourth-order valence-corrected chi connectivity index (χ4v) is 4.99. The quantitative estimate of drug-likeness (QED) is 0.123. The van der Waals surface area contributed by atoms with E-state index >= 15 is 0 Å². The summed E-state index contributed by atoms with van der Waals surface area (Å²) in [6.45, 7) is 9.52. The Morgan fingerprint density at radius 3 is 1.76 bits per heavy atom. The van der Waals surface area contributed by atoms with E-state index in [1.165, 1.54) is 19.3 Å². The molecule has 14 nitrogen and oxygen atoms in total. The third-order valence-electron chi connectivity index (χ3n) is 7.66. The van der Waals surface area contributed by atoms with Crippen molar-refractivity contribution >= 4 is 23.5 Å². The zero-order valence-corrected chi connectivity index (χ0v) is 32.5. The fourth-order valence-electron chi connectivity index (χ4n) is 4.99. The van der Waals surface area contributed by atoms with E-state index in [2.05, 4.69) is 15.1 Å². The number of halogens is 1. The molecule has 0 unspecified atom stereocenters. The first-order chi connectivity index (χ1) is 21.2. The van der Waals surface area contributed by atoms with Gasteiger partial charge in [0, 0.05) is 69.0 Å². The molecule has 2 spiro atoms. The summed E-state index contributed by atoms with van der Waals surface area (Å²) in [6.07, 6.45) is 7.08. The van der Waals surface area contributed by atoms with Crippen molar-refractivity contribution in [3.63, 3.8) is 0 Å². The van der Waals surface area contributed by atoms with E-state index in [0.29, 0.717) is 5.60 Å². The Hall–Kier alpha value is -0.487. The maximum absolute atomic E-state index is 12.1. The molecule has 2 atom stereocenters. The second-order valence-corrected chi connectivity index (χ2v) is 10.5. The zero-order valence-electron chi connectivity index (χ0n) is 26.2. The molecule has 5 fully saturated rings. The van der Waals surface area contributed by atoms with E-state index in [1.54, 1.807) is 12.1 Å². The van der Waals surface area contributed by atoms with Gasteiger partial charge in [0.15, 0.2) is 0 Å². The summed E-state index contributed by atoms with van der Waals surface area (Å²) in [4.78, 5) is 33.2. The summed E-state index contributed by atoms with van der Waals surface area (Å²) >= 11 is 0. The molecule has 46 heavy (non-hydrogen) atoms. The minimum absolute atomic E-state index is 0. The molecule has 0 radical (unpaired) electrons. The molecular formula is C29H37FK2N4O10. The van der Waals surface area contributed by atoms with Crippen molar-refractivity contribution in [1.29, 1.82) is 0 Å². The van der Waals surface area contributed by atoms with Crippen LogP contribution in [0.1, 0.15) is 38.5 Å². The van der Waals surface area contributed by atoms with Crippen molar-refractivity contribution in [3.8, 4) is 0 Å². The summed E-state index contributed by atoms with van der Waals surface area (Å²) in [5, 5.41) is 30.8. The Morgan fingerprint density at radius 1 is 0.913 bits per heavy atom. The van der Waals surface area contributed by atoms with Crippen molar-refractivity contribution in [1.82, 2.24) is 5.32 Å². The Kier molecular flexibility index (Phi) is 21.8. The van der Waals surface area contributed by atoms with Gasteiger partial charge in [-0.15, -0.1) is 0 Å². The molecule has 0 saturated carbocycles. The summed E-state index contributed by atoms with van der Waals surface area (Å²) < 4.78 is 28.0. The predicted molar refractivity (Wildman–Crippen MR) is 156 cm³/mol. The van der Waals surface area contributed by atoms with Gasteiger partial charge in [-0.2, -0.15) is 6.42 Å². The first kappa shape index (κ1) is 43.5. The average Bonchev–Trinajstić information content (AvgIpc) is 3.81. The number of ether oxygens (including phenoxy) is 3. The number of hydrogen-bond acceptors (Lipinski definition) is 12. The zero-order chi connectivity index (χ0) is 31.8. The molecule has 0 bridgehead atoms. The Labute approximate surface area is 352 Å². The van der Waals surface area contributed by atoms with Crippen molar-refractivity contribution < 1.29 is 146 Å². The van der Waals surface area contributed by atoms with Crippen LogP contribution in [0.25, 0.3) is 0 Å². The van der Waals surface area contributed by atoms with Crippen LogP contribution in [0.3, 0.4) is 0 Å². The van der Waals surface area contributed by atoms with Crippen LogP contribution in [-0.2, 0) is 23.9 Å². The number of anilines is 1. The van der Waals surface area contributed by atoms with Crippen molar-refractivity contribution in [2.45, 2.75) is 49.7 Å². The molecule has 5 heterocycles. The number of hydrogen-bond donors (Lipinski definition) is 2. The van der Waals surface area contributed by atoms with Crippen LogP contribution in [-0.4, -0.2) is 78.8 Å². The molecule has 17 heteroatoms. The second-order valence-electron chi connectivity index (χ2n) is 10.5. The Morgan fingerprint density at radius 2 is 1.46 bits per heavy atom. The number of benzene rings is 2. The minimum atomic E-state index is -0.570. The predicted octanol–water partition coefficient (Wildman–Crippen LogP) is -1.65. The van der Waals surface area contributed by atoms with Gasteiger partial charge in [-0.1, -0.05) is 6.42 Å². The van der Waals surface area contributed by atoms with Gasteiger partial charge in [0.25, 0.3) is 11.4 Å². The van der Waals surface area contributed by atoms with E-state index < -0.39 is 10.7 Å². The first-order valence-corrected chi connectivity index (χ1v) is 14.2. The number of carbonyl (C=O) groups excluding carboxylic acids is 1. The summed E-state index contributed by atoms with van der Waals surface area (Å²) in [5.41, 5.74) is 1.47. The van der Waals surface area contributed by atoms with Gasteiger partial charge >= 0.3 is 103 Å². The topological polar surface area (TPSA) is 176 Å². The van der Waals surface area contributed by atoms with Gasteiger partial charge in [0.2, 0.25) is 0 Å². The summed E-state index contributed by atoms with van der Waals surface area (Å²) in [6, 6.07) is 11.1. The molecule has 2 aromatic carbocycles. The average molecular weight is 699 g/mol. The standard InChI is InChI=1S/C12H14N2O3.C6H4FNO2.C6H11NO.C4H7O.CHO3.2K/c15-14(16)11-3-1-10(2-4-11)13-7-5-12(9-13)6-8-17-12;7-5-1-3-6(4-2-5)8(9)10;1-3-7-5-6(1)2-4-8-6;1-2-4-5-3-1;2-1-4-3;;/h1-4H,5-9H2;1-4H;7H,1-5H2;3H,1-2,4H2;3H;;/q;;;2*-1;2*+1/t12-;;6-;;;;/m0.0..../s1. The van der Waals surface area contributed by atoms with Gasteiger partial charge in [-0.25, -0.2) is 16.3 Å². The molecule has 5 saturated heterocycles. The van der Waals surface area contributed by atoms with Gasteiger partial charge in [-0.05, 0) is 50.1 Å². The number of nitro benzene ring substituents is 2. The smallest absolute Gasteiger partial charge is 0.552 e. The van der Waals surface area contributed by atoms with E-state index in [0.717, 1.165) is 102 Å². The third kappa shape index (κ3) is 14.6. The van der Waals surface area contributed by atoms with Crippen LogP contribution in [0.4, 0.5) is 21.5 Å². The largest absolute Gasteiger partial charge is 1.00 e. The maximum Gasteiger partial charge on any atom is 1.00 e. The van der Waals surface area contributed by atoms with Gasteiger partial charge in [0.1, 0.15) is 5.82 Å². The Balaban J connectivity index is 0.000000314. The van der Waals surface area contributed by atoms with Crippen molar-refractivity contribution in [2.24, 2.45) is 0 Å². The van der Waals surface area contributed by atoms with E-state index in [4.69, 9.17) is 24.3 Å². The van der Waals surface area contributed by atoms with Crippen LogP contribution in [0, 0.1) is 32.7 Å². The maximum atomic E-state index is 12.1. The summed E-state index contributed by atoms with van der Waals surface area (Å²) in [5.74, 6) is -0.467. The number of nitrogens with one attached hydrogen (secondary N) is 1. The molecule has 2 aromatic rings. The van der Waals surface area contributed by atoms with Crippen LogP contribution < -0.4 is 113 Å². The van der Waals surface area contributed by atoms with Crippen LogP contribution in [0.5, 0.6) is 0 Å². The van der Waals surface area contributed by atoms with Crippen LogP contribution in [0.15, 0.2) is 48.5 Å².